The van der Waals surface area contributed by atoms with Crippen LogP contribution in [0.25, 0.3) is 0 Å². The van der Waals surface area contributed by atoms with Crippen molar-refractivity contribution in [3.8, 4) is 0 Å². The molecular formula is C19H22O4. The minimum Gasteiger partial charge on any atom is -0.467 e. The van der Waals surface area contributed by atoms with Crippen molar-refractivity contribution >= 4 is 5.97 Å². The molecule has 0 aliphatic rings. The maximum atomic E-state index is 12.1. The standard InChI is InChI=1S/C19H22O4/c1-13-7-5-9-15(11-13)19(23-4,17(20)18(21)22-3)16-10-6-8-14(2)12-16/h5-12,17,20H,1-4H3. The van der Waals surface area contributed by atoms with Crippen LogP contribution in [0, 0.1) is 13.8 Å². The van der Waals surface area contributed by atoms with Crippen LogP contribution in [0.1, 0.15) is 22.3 Å². The van der Waals surface area contributed by atoms with Gasteiger partial charge in [-0.25, -0.2) is 4.79 Å². The van der Waals surface area contributed by atoms with Crippen LogP contribution < -0.4 is 0 Å². The van der Waals surface area contributed by atoms with Crippen LogP contribution in [0.4, 0.5) is 0 Å². The van der Waals surface area contributed by atoms with Crippen LogP contribution in [-0.4, -0.2) is 31.4 Å². The zero-order valence-electron chi connectivity index (χ0n) is 13.9. The number of carbonyl (C=O) groups excluding carboxylic acids is 1. The number of ether oxygens (including phenoxy) is 2. The first-order chi connectivity index (χ1) is 11.0. The molecule has 0 aromatic heterocycles. The Hall–Kier alpha value is -2.17. The third kappa shape index (κ3) is 3.14. The molecule has 0 bridgehead atoms. The molecule has 2 aromatic rings. The average Bonchev–Trinajstić information content (AvgIpc) is 2.55. The van der Waals surface area contributed by atoms with Gasteiger partial charge in [0.05, 0.1) is 7.11 Å². The molecule has 0 spiro atoms. The van der Waals surface area contributed by atoms with Crippen molar-refractivity contribution in [1.29, 1.82) is 0 Å². The quantitative estimate of drug-likeness (QED) is 0.862. The number of rotatable bonds is 5. The molecule has 1 N–H and O–H groups in total. The van der Waals surface area contributed by atoms with Gasteiger partial charge in [0.15, 0.2) is 11.7 Å². The molecule has 0 fully saturated rings. The lowest BCUT2D eigenvalue weighted by molar-refractivity contribution is -0.167. The van der Waals surface area contributed by atoms with Gasteiger partial charge in [-0.3, -0.25) is 0 Å². The van der Waals surface area contributed by atoms with E-state index in [1.807, 2.05) is 62.4 Å². The van der Waals surface area contributed by atoms with Crippen LogP contribution in [0.2, 0.25) is 0 Å². The summed E-state index contributed by atoms with van der Waals surface area (Å²) in [5, 5.41) is 10.7. The minimum atomic E-state index is -1.49. The van der Waals surface area contributed by atoms with E-state index in [0.717, 1.165) is 11.1 Å². The summed E-state index contributed by atoms with van der Waals surface area (Å²) in [5.41, 5.74) is 2.08. The molecule has 4 heteroatoms. The number of hydrogen-bond acceptors (Lipinski definition) is 4. The Kier molecular flexibility index (Phi) is 5.19. The van der Waals surface area contributed by atoms with Crippen molar-refractivity contribution in [2.24, 2.45) is 0 Å². The highest BCUT2D eigenvalue weighted by molar-refractivity contribution is 5.77. The normalized spacial score (nSPS) is 12.7. The van der Waals surface area contributed by atoms with Crippen molar-refractivity contribution in [2.75, 3.05) is 14.2 Å². The van der Waals surface area contributed by atoms with Gasteiger partial charge in [0.25, 0.3) is 0 Å². The fourth-order valence-corrected chi connectivity index (χ4v) is 2.86. The van der Waals surface area contributed by atoms with Crippen molar-refractivity contribution in [2.45, 2.75) is 25.6 Å². The predicted molar refractivity (Wildman–Crippen MR) is 88.2 cm³/mol. The van der Waals surface area contributed by atoms with E-state index in [1.54, 1.807) is 0 Å². The van der Waals surface area contributed by atoms with E-state index in [1.165, 1.54) is 14.2 Å². The van der Waals surface area contributed by atoms with Crippen molar-refractivity contribution < 1.29 is 19.4 Å². The number of aliphatic hydroxyl groups excluding tert-OH is 1. The minimum absolute atomic E-state index is 0.698. The van der Waals surface area contributed by atoms with Gasteiger partial charge in [0, 0.05) is 7.11 Å². The number of hydrogen-bond donors (Lipinski definition) is 1. The molecule has 0 saturated carbocycles. The zero-order chi connectivity index (χ0) is 17.0. The van der Waals surface area contributed by atoms with Crippen LogP contribution in [0.15, 0.2) is 48.5 Å². The second-order valence-electron chi connectivity index (χ2n) is 5.60. The highest BCUT2D eigenvalue weighted by Gasteiger charge is 2.46. The Morgan fingerprint density at radius 2 is 1.48 bits per heavy atom. The number of methoxy groups -OCH3 is 2. The number of esters is 1. The number of aryl methyl sites for hydroxylation is 2. The second kappa shape index (κ2) is 6.94. The fourth-order valence-electron chi connectivity index (χ4n) is 2.86. The molecule has 0 aliphatic carbocycles. The molecular weight excluding hydrogens is 292 g/mol. The topological polar surface area (TPSA) is 55.8 Å². The first kappa shape index (κ1) is 17.2. The summed E-state index contributed by atoms with van der Waals surface area (Å²) in [4.78, 5) is 12.1. The number of benzene rings is 2. The van der Waals surface area contributed by atoms with Gasteiger partial charge >= 0.3 is 5.97 Å². The molecule has 1 unspecified atom stereocenters. The molecule has 122 valence electrons. The summed E-state index contributed by atoms with van der Waals surface area (Å²) < 4.78 is 10.5. The van der Waals surface area contributed by atoms with Gasteiger partial charge < -0.3 is 14.6 Å². The van der Waals surface area contributed by atoms with E-state index in [0.29, 0.717) is 11.1 Å². The van der Waals surface area contributed by atoms with Crippen LogP contribution >= 0.6 is 0 Å². The third-order valence-corrected chi connectivity index (χ3v) is 4.03. The highest BCUT2D eigenvalue weighted by atomic mass is 16.6. The Bertz CT molecular complexity index is 648. The van der Waals surface area contributed by atoms with Crippen LogP contribution in [-0.2, 0) is 19.9 Å². The van der Waals surface area contributed by atoms with Gasteiger partial charge in [-0.05, 0) is 25.0 Å². The van der Waals surface area contributed by atoms with Gasteiger partial charge in [-0.1, -0.05) is 59.7 Å². The second-order valence-corrected chi connectivity index (χ2v) is 5.60. The Morgan fingerprint density at radius 1 is 1.00 bits per heavy atom. The molecule has 23 heavy (non-hydrogen) atoms. The molecule has 0 heterocycles. The first-order valence-corrected chi connectivity index (χ1v) is 7.41. The molecule has 0 radical (unpaired) electrons. The van der Waals surface area contributed by atoms with E-state index in [9.17, 15) is 9.90 Å². The lowest BCUT2D eigenvalue weighted by Crippen LogP contribution is -2.47. The summed E-state index contributed by atoms with van der Waals surface area (Å²) in [7, 11) is 2.73. The first-order valence-electron chi connectivity index (χ1n) is 7.41. The predicted octanol–water partition coefficient (Wildman–Crippen LogP) is 2.73. The number of aliphatic hydroxyl groups is 1. The largest absolute Gasteiger partial charge is 0.467 e. The van der Waals surface area contributed by atoms with Crippen molar-refractivity contribution in [1.82, 2.24) is 0 Å². The van der Waals surface area contributed by atoms with Gasteiger partial charge in [-0.2, -0.15) is 0 Å². The molecule has 1 atom stereocenters. The van der Waals surface area contributed by atoms with Crippen LogP contribution in [0.3, 0.4) is 0 Å². The molecule has 0 aliphatic heterocycles. The average molecular weight is 314 g/mol. The monoisotopic (exact) mass is 314 g/mol. The van der Waals surface area contributed by atoms with Gasteiger partial charge in [0.2, 0.25) is 0 Å². The van der Waals surface area contributed by atoms with Gasteiger partial charge in [-0.15, -0.1) is 0 Å². The lowest BCUT2D eigenvalue weighted by atomic mass is 9.80. The van der Waals surface area contributed by atoms with E-state index in [-0.39, 0.29) is 0 Å². The highest BCUT2D eigenvalue weighted by Crippen LogP contribution is 2.38. The Labute approximate surface area is 136 Å². The molecule has 2 aromatic carbocycles. The van der Waals surface area contributed by atoms with E-state index >= 15 is 0 Å². The summed E-state index contributed by atoms with van der Waals surface area (Å²) in [6.07, 6.45) is -1.49. The molecule has 0 amide bonds. The lowest BCUT2D eigenvalue weighted by Gasteiger charge is -2.36. The summed E-state index contributed by atoms with van der Waals surface area (Å²) >= 11 is 0. The van der Waals surface area contributed by atoms with E-state index in [4.69, 9.17) is 9.47 Å². The van der Waals surface area contributed by atoms with Crippen LogP contribution in [0.5, 0.6) is 0 Å². The molecule has 0 saturated heterocycles. The zero-order valence-corrected chi connectivity index (χ0v) is 13.9. The third-order valence-electron chi connectivity index (χ3n) is 4.03. The smallest absolute Gasteiger partial charge is 0.338 e. The summed E-state index contributed by atoms with van der Waals surface area (Å²) in [5.74, 6) is -0.741. The SMILES string of the molecule is COC(=O)C(O)C(OC)(c1cccc(C)c1)c1cccc(C)c1. The van der Waals surface area contributed by atoms with Crippen molar-refractivity contribution in [3.05, 3.63) is 70.8 Å². The fraction of sp³-hybridized carbons (Fsp3) is 0.316. The Morgan fingerprint density at radius 3 is 1.83 bits per heavy atom. The summed E-state index contributed by atoms with van der Waals surface area (Å²) in [6.45, 7) is 3.90. The Balaban J connectivity index is 2.73. The van der Waals surface area contributed by atoms with Crippen molar-refractivity contribution in [3.63, 3.8) is 0 Å². The van der Waals surface area contributed by atoms with E-state index in [2.05, 4.69) is 0 Å². The number of carbonyl (C=O) groups is 1. The maximum absolute atomic E-state index is 12.1. The van der Waals surface area contributed by atoms with E-state index < -0.39 is 17.7 Å². The summed E-state index contributed by atoms with van der Waals surface area (Å²) in [6, 6.07) is 15.1. The van der Waals surface area contributed by atoms with Gasteiger partial charge in [0.1, 0.15) is 0 Å². The molecule has 2 rings (SSSR count). The maximum Gasteiger partial charge on any atom is 0.338 e. The molecule has 4 nitrogen and oxygen atoms in total.